The molecule has 1 fully saturated rings. The van der Waals surface area contributed by atoms with Crippen LogP contribution in [0.1, 0.15) is 42.6 Å². The highest BCUT2D eigenvalue weighted by atomic mass is 19.1. The van der Waals surface area contributed by atoms with Crippen molar-refractivity contribution in [2.24, 2.45) is 0 Å². The minimum atomic E-state index is -0.827. The fourth-order valence-electron chi connectivity index (χ4n) is 3.38. The molecule has 1 amide bonds. The number of imidazole rings is 1. The number of aliphatic hydroxyl groups excluding tert-OH is 1. The average molecular weight is 398 g/mol. The van der Waals surface area contributed by atoms with Crippen LogP contribution in [0, 0.1) is 12.7 Å². The average Bonchev–Trinajstić information content (AvgIpc) is 3.42. The smallest absolute Gasteiger partial charge is 0.328 e. The second-order valence-electron chi connectivity index (χ2n) is 8.21. The zero-order valence-electron chi connectivity index (χ0n) is 16.5. The zero-order valence-corrected chi connectivity index (χ0v) is 16.5. The van der Waals surface area contributed by atoms with Gasteiger partial charge in [-0.1, -0.05) is 0 Å². The molecule has 4 rings (SSSR count). The molecule has 0 saturated heterocycles. The van der Waals surface area contributed by atoms with Crippen LogP contribution in [0.5, 0.6) is 0 Å². The van der Waals surface area contributed by atoms with Crippen LogP contribution >= 0.6 is 0 Å². The number of fused-ring (bicyclic) bond motifs is 1. The summed E-state index contributed by atoms with van der Waals surface area (Å²) in [5.41, 5.74) is 1.44. The summed E-state index contributed by atoms with van der Waals surface area (Å²) in [6.45, 7) is 4.88. The number of pyridine rings is 1. The number of aromatic amines is 1. The Morgan fingerprint density at radius 2 is 2.10 bits per heavy atom. The van der Waals surface area contributed by atoms with E-state index < -0.39 is 11.4 Å². The predicted octanol–water partition coefficient (Wildman–Crippen LogP) is 2.46. The van der Waals surface area contributed by atoms with Gasteiger partial charge in [0.05, 0.1) is 17.7 Å². The van der Waals surface area contributed by atoms with Crippen LogP contribution in [-0.2, 0) is 5.54 Å². The molecule has 7 nitrogen and oxygen atoms in total. The first kappa shape index (κ1) is 19.3. The van der Waals surface area contributed by atoms with E-state index in [0.717, 1.165) is 12.8 Å². The number of carbonyl (C=O) groups is 1. The minimum Gasteiger partial charge on any atom is -0.394 e. The quantitative estimate of drug-likeness (QED) is 0.615. The lowest BCUT2D eigenvalue weighted by molar-refractivity contribution is 0.0950. The number of amides is 1. The second kappa shape index (κ2) is 6.81. The molecule has 0 radical (unpaired) electrons. The Balaban J connectivity index is 1.81. The van der Waals surface area contributed by atoms with E-state index in [1.807, 2.05) is 0 Å². The molecular formula is C21H23FN4O3. The van der Waals surface area contributed by atoms with Crippen molar-refractivity contribution in [2.75, 3.05) is 6.61 Å². The lowest BCUT2D eigenvalue weighted by Crippen LogP contribution is -2.37. The van der Waals surface area contributed by atoms with Crippen molar-refractivity contribution < 1.29 is 14.3 Å². The molecule has 2 heterocycles. The van der Waals surface area contributed by atoms with Crippen molar-refractivity contribution >= 4 is 17.1 Å². The Hall–Kier alpha value is -3.00. The molecule has 1 aromatic carbocycles. The van der Waals surface area contributed by atoms with Crippen molar-refractivity contribution in [1.29, 1.82) is 0 Å². The number of nitrogens with zero attached hydrogens (tertiary/aromatic N) is 2. The Bertz CT molecular complexity index is 1170. The maximum Gasteiger partial charge on any atom is 0.328 e. The molecule has 152 valence electrons. The minimum absolute atomic E-state index is 0.174. The summed E-state index contributed by atoms with van der Waals surface area (Å²) in [4.78, 5) is 31.9. The van der Waals surface area contributed by atoms with Gasteiger partial charge in [0.2, 0.25) is 0 Å². The predicted molar refractivity (Wildman–Crippen MR) is 107 cm³/mol. The molecule has 1 aliphatic rings. The molecule has 1 aliphatic carbocycles. The summed E-state index contributed by atoms with van der Waals surface area (Å²) in [7, 11) is 0. The van der Waals surface area contributed by atoms with Crippen molar-refractivity contribution in [3.63, 3.8) is 0 Å². The molecule has 2 aromatic heterocycles. The molecule has 1 saturated carbocycles. The molecular weight excluding hydrogens is 375 g/mol. The van der Waals surface area contributed by atoms with E-state index in [-0.39, 0.29) is 29.8 Å². The van der Waals surface area contributed by atoms with Crippen molar-refractivity contribution in [2.45, 2.75) is 45.2 Å². The summed E-state index contributed by atoms with van der Waals surface area (Å²) in [5.74, 6) is -0.776. The molecule has 0 aliphatic heterocycles. The summed E-state index contributed by atoms with van der Waals surface area (Å²) in [6, 6.07) is 4.77. The standard InChI is InChI=1S/C21H23FN4O3/c1-11-15(6-12(7-16(11)22)19(28)24-14-4-5-14)13-8-17-18(23-9-13)26(20(29)25-17)21(2,3)10-27/h6-9,14,27H,4-5,10H2,1-3H3,(H,24,28)(H,25,29). The third kappa shape index (κ3) is 3.44. The van der Waals surface area contributed by atoms with Crippen LogP contribution in [0.15, 0.2) is 29.2 Å². The SMILES string of the molecule is Cc1c(F)cc(C(=O)NC2CC2)cc1-c1cnc2c(c1)[nH]c(=O)n2C(C)(C)CO. The number of rotatable bonds is 5. The number of H-pyrrole nitrogens is 1. The van der Waals surface area contributed by atoms with Gasteiger partial charge in [0, 0.05) is 23.4 Å². The van der Waals surface area contributed by atoms with Crippen LogP contribution < -0.4 is 11.0 Å². The molecule has 0 unspecified atom stereocenters. The van der Waals surface area contributed by atoms with Crippen molar-refractivity contribution in [3.05, 3.63) is 51.8 Å². The van der Waals surface area contributed by atoms with Gasteiger partial charge in [-0.25, -0.2) is 14.2 Å². The van der Waals surface area contributed by atoms with E-state index in [2.05, 4.69) is 15.3 Å². The number of aromatic nitrogens is 3. The molecule has 0 spiro atoms. The molecule has 0 atom stereocenters. The van der Waals surface area contributed by atoms with E-state index in [1.165, 1.54) is 10.6 Å². The number of nitrogens with one attached hydrogen (secondary N) is 2. The zero-order chi connectivity index (χ0) is 20.9. The number of aliphatic hydroxyl groups is 1. The van der Waals surface area contributed by atoms with Gasteiger partial charge in [-0.3, -0.25) is 9.36 Å². The summed E-state index contributed by atoms with van der Waals surface area (Å²) >= 11 is 0. The Labute approximate surface area is 166 Å². The molecule has 3 aromatic rings. The van der Waals surface area contributed by atoms with Crippen LogP contribution in [-0.4, -0.2) is 38.2 Å². The Kier molecular flexibility index (Phi) is 4.53. The fraction of sp³-hybridized carbons (Fsp3) is 0.381. The van der Waals surface area contributed by atoms with Crippen molar-refractivity contribution in [3.8, 4) is 11.1 Å². The first-order valence-corrected chi connectivity index (χ1v) is 9.55. The highest BCUT2D eigenvalue weighted by Crippen LogP contribution is 2.29. The van der Waals surface area contributed by atoms with Crippen LogP contribution in [0.3, 0.4) is 0 Å². The molecule has 0 bridgehead atoms. The van der Waals surface area contributed by atoms with Gasteiger partial charge in [0.25, 0.3) is 5.91 Å². The number of hydrogen-bond donors (Lipinski definition) is 3. The van der Waals surface area contributed by atoms with Gasteiger partial charge in [0.15, 0.2) is 5.65 Å². The van der Waals surface area contributed by atoms with Gasteiger partial charge in [-0.15, -0.1) is 0 Å². The van der Waals surface area contributed by atoms with E-state index in [0.29, 0.717) is 27.9 Å². The lowest BCUT2D eigenvalue weighted by Gasteiger charge is -2.23. The van der Waals surface area contributed by atoms with Gasteiger partial charge in [0.1, 0.15) is 5.82 Å². The fourth-order valence-corrected chi connectivity index (χ4v) is 3.38. The second-order valence-corrected chi connectivity index (χ2v) is 8.21. The van der Waals surface area contributed by atoms with Gasteiger partial charge >= 0.3 is 5.69 Å². The summed E-state index contributed by atoms with van der Waals surface area (Å²) in [6.07, 6.45) is 3.44. The number of benzene rings is 1. The molecule has 29 heavy (non-hydrogen) atoms. The van der Waals surface area contributed by atoms with Gasteiger partial charge in [-0.05, 0) is 62.9 Å². The van der Waals surface area contributed by atoms with Crippen molar-refractivity contribution in [1.82, 2.24) is 19.9 Å². The highest BCUT2D eigenvalue weighted by Gasteiger charge is 2.26. The first-order chi connectivity index (χ1) is 13.7. The number of halogens is 1. The lowest BCUT2D eigenvalue weighted by atomic mass is 9.98. The topological polar surface area (TPSA) is 100 Å². The first-order valence-electron chi connectivity index (χ1n) is 9.55. The summed E-state index contributed by atoms with van der Waals surface area (Å²) in [5, 5.41) is 12.5. The van der Waals surface area contributed by atoms with E-state index in [1.54, 1.807) is 39.1 Å². The van der Waals surface area contributed by atoms with Crippen LogP contribution in [0.2, 0.25) is 0 Å². The highest BCUT2D eigenvalue weighted by molar-refractivity contribution is 5.96. The monoisotopic (exact) mass is 398 g/mol. The maximum absolute atomic E-state index is 14.5. The summed E-state index contributed by atoms with van der Waals surface area (Å²) < 4.78 is 15.9. The van der Waals surface area contributed by atoms with Crippen LogP contribution in [0.4, 0.5) is 4.39 Å². The van der Waals surface area contributed by atoms with Gasteiger partial charge < -0.3 is 15.4 Å². The number of hydrogen-bond acceptors (Lipinski definition) is 4. The molecule has 8 heteroatoms. The van der Waals surface area contributed by atoms with Crippen LogP contribution in [0.25, 0.3) is 22.3 Å². The maximum atomic E-state index is 14.5. The third-order valence-corrected chi connectivity index (χ3v) is 5.35. The normalized spacial score (nSPS) is 14.4. The largest absolute Gasteiger partial charge is 0.394 e. The molecule has 3 N–H and O–H groups in total. The van der Waals surface area contributed by atoms with E-state index in [4.69, 9.17) is 0 Å². The third-order valence-electron chi connectivity index (χ3n) is 5.35. The Morgan fingerprint density at radius 3 is 2.76 bits per heavy atom. The van der Waals surface area contributed by atoms with E-state index >= 15 is 0 Å². The number of carbonyl (C=O) groups excluding carboxylic acids is 1. The van der Waals surface area contributed by atoms with Gasteiger partial charge in [-0.2, -0.15) is 0 Å². The Morgan fingerprint density at radius 1 is 1.38 bits per heavy atom. The van der Waals surface area contributed by atoms with E-state index in [9.17, 15) is 19.1 Å².